The molecule has 0 fully saturated rings. The molecular formula is C19H18N4O. The minimum absolute atomic E-state index is 0.0982. The number of hydrogen-bond donors (Lipinski definition) is 2. The van der Waals surface area contributed by atoms with Crippen molar-refractivity contribution < 1.29 is 4.79 Å². The van der Waals surface area contributed by atoms with Crippen LogP contribution < -0.4 is 5.32 Å². The van der Waals surface area contributed by atoms with Gasteiger partial charge in [-0.3, -0.25) is 4.79 Å². The second kappa shape index (κ2) is 5.53. The van der Waals surface area contributed by atoms with Gasteiger partial charge in [0.25, 0.3) is 5.91 Å². The molecule has 0 spiro atoms. The molecule has 1 aromatic carbocycles. The predicted octanol–water partition coefficient (Wildman–Crippen LogP) is 3.36. The first kappa shape index (κ1) is 14.5. The standard InChI is InChI=1S/C19H18N4O/c1-12-13(2)21-18-15(12)6-5-7-16(18)19(24)20-10-14-11-23-9-4-3-8-17(23)22-14/h3-9,11,21H,10H2,1-2H3,(H,20,24). The molecule has 0 radical (unpaired) electrons. The fourth-order valence-electron chi connectivity index (χ4n) is 3.01. The fourth-order valence-corrected chi connectivity index (χ4v) is 3.01. The molecule has 4 rings (SSSR count). The van der Waals surface area contributed by atoms with Gasteiger partial charge in [-0.15, -0.1) is 0 Å². The molecule has 1 amide bonds. The van der Waals surface area contributed by atoms with E-state index in [1.807, 2.05) is 60.1 Å². The molecule has 0 bridgehead atoms. The summed E-state index contributed by atoms with van der Waals surface area (Å²) in [6.07, 6.45) is 3.87. The van der Waals surface area contributed by atoms with Gasteiger partial charge in [-0.1, -0.05) is 18.2 Å². The molecule has 0 saturated carbocycles. The number of benzene rings is 1. The van der Waals surface area contributed by atoms with E-state index in [1.54, 1.807) is 0 Å². The van der Waals surface area contributed by atoms with Crippen molar-refractivity contribution in [3.05, 3.63) is 71.3 Å². The number of nitrogens with zero attached hydrogens (tertiary/aromatic N) is 2. The van der Waals surface area contributed by atoms with Gasteiger partial charge in [-0.05, 0) is 37.6 Å². The van der Waals surface area contributed by atoms with Gasteiger partial charge in [-0.25, -0.2) is 4.98 Å². The number of carbonyl (C=O) groups is 1. The lowest BCUT2D eigenvalue weighted by Crippen LogP contribution is -2.23. The average Bonchev–Trinajstić information content (AvgIpc) is 3.14. The van der Waals surface area contributed by atoms with Gasteiger partial charge in [0.15, 0.2) is 0 Å². The molecule has 3 aromatic heterocycles. The molecule has 4 aromatic rings. The molecule has 0 atom stereocenters. The Kier molecular flexibility index (Phi) is 3.34. The Morgan fingerprint density at radius 2 is 2.08 bits per heavy atom. The Labute approximate surface area is 139 Å². The lowest BCUT2D eigenvalue weighted by atomic mass is 10.1. The van der Waals surface area contributed by atoms with Crippen LogP contribution in [0, 0.1) is 13.8 Å². The number of aromatic amines is 1. The van der Waals surface area contributed by atoms with Gasteiger partial charge < -0.3 is 14.7 Å². The highest BCUT2D eigenvalue weighted by Gasteiger charge is 2.14. The molecule has 0 saturated heterocycles. The number of aromatic nitrogens is 3. The van der Waals surface area contributed by atoms with Gasteiger partial charge in [0.2, 0.25) is 0 Å². The number of amides is 1. The molecule has 120 valence electrons. The van der Waals surface area contributed by atoms with E-state index in [4.69, 9.17) is 0 Å². The maximum absolute atomic E-state index is 12.6. The van der Waals surface area contributed by atoms with Crippen molar-refractivity contribution in [2.75, 3.05) is 0 Å². The van der Waals surface area contributed by atoms with Crippen LogP contribution in [0.15, 0.2) is 48.8 Å². The second-order valence-corrected chi connectivity index (χ2v) is 5.98. The summed E-state index contributed by atoms with van der Waals surface area (Å²) in [5.41, 5.74) is 5.53. The maximum atomic E-state index is 12.6. The number of pyridine rings is 1. The van der Waals surface area contributed by atoms with E-state index in [9.17, 15) is 4.79 Å². The first-order chi connectivity index (χ1) is 11.6. The van der Waals surface area contributed by atoms with Crippen molar-refractivity contribution in [1.29, 1.82) is 0 Å². The highest BCUT2D eigenvalue weighted by molar-refractivity contribution is 6.06. The van der Waals surface area contributed by atoms with Gasteiger partial charge in [0.1, 0.15) is 5.65 Å². The van der Waals surface area contributed by atoms with E-state index in [0.29, 0.717) is 12.1 Å². The van der Waals surface area contributed by atoms with E-state index in [-0.39, 0.29) is 5.91 Å². The molecule has 2 N–H and O–H groups in total. The molecule has 0 unspecified atom stereocenters. The Bertz CT molecular complexity index is 1020. The predicted molar refractivity (Wildman–Crippen MR) is 94.1 cm³/mol. The summed E-state index contributed by atoms with van der Waals surface area (Å²) in [5.74, 6) is -0.0982. The van der Waals surface area contributed by atoms with E-state index in [0.717, 1.165) is 27.9 Å². The molecule has 0 aliphatic carbocycles. The van der Waals surface area contributed by atoms with Crippen LogP contribution in [-0.2, 0) is 6.54 Å². The number of para-hydroxylation sites is 1. The Hall–Kier alpha value is -3.08. The first-order valence-electron chi connectivity index (χ1n) is 7.92. The maximum Gasteiger partial charge on any atom is 0.253 e. The number of aryl methyl sites for hydroxylation is 2. The molecule has 3 heterocycles. The summed E-state index contributed by atoms with van der Waals surface area (Å²) in [4.78, 5) is 20.4. The molecule has 5 nitrogen and oxygen atoms in total. The van der Waals surface area contributed by atoms with Gasteiger partial charge >= 0.3 is 0 Å². The number of carbonyl (C=O) groups excluding carboxylic acids is 1. The quantitative estimate of drug-likeness (QED) is 0.608. The van der Waals surface area contributed by atoms with E-state index >= 15 is 0 Å². The van der Waals surface area contributed by atoms with Gasteiger partial charge in [-0.2, -0.15) is 0 Å². The second-order valence-electron chi connectivity index (χ2n) is 5.98. The number of nitrogens with one attached hydrogen (secondary N) is 2. The highest BCUT2D eigenvalue weighted by Crippen LogP contribution is 2.24. The summed E-state index contributed by atoms with van der Waals surface area (Å²) in [6, 6.07) is 11.6. The third-order valence-corrected chi connectivity index (χ3v) is 4.43. The normalized spacial score (nSPS) is 11.2. The minimum Gasteiger partial charge on any atom is -0.358 e. The zero-order valence-corrected chi connectivity index (χ0v) is 13.6. The zero-order valence-electron chi connectivity index (χ0n) is 13.6. The monoisotopic (exact) mass is 318 g/mol. The topological polar surface area (TPSA) is 62.2 Å². The lowest BCUT2D eigenvalue weighted by Gasteiger charge is -2.05. The summed E-state index contributed by atoms with van der Waals surface area (Å²) in [5, 5.41) is 4.05. The molecule has 0 aliphatic rings. The third-order valence-electron chi connectivity index (χ3n) is 4.43. The largest absolute Gasteiger partial charge is 0.358 e. The van der Waals surface area contributed by atoms with Crippen LogP contribution in [0.25, 0.3) is 16.6 Å². The third kappa shape index (κ3) is 2.34. The highest BCUT2D eigenvalue weighted by atomic mass is 16.1. The molecule has 24 heavy (non-hydrogen) atoms. The van der Waals surface area contributed by atoms with Gasteiger partial charge in [0, 0.05) is 23.5 Å². The SMILES string of the molecule is Cc1[nH]c2c(C(=O)NCc3cn4ccccc4n3)cccc2c1C. The van der Waals surface area contributed by atoms with Crippen molar-refractivity contribution in [1.82, 2.24) is 19.7 Å². The fraction of sp³-hybridized carbons (Fsp3) is 0.158. The number of fused-ring (bicyclic) bond motifs is 2. The van der Waals surface area contributed by atoms with Crippen molar-refractivity contribution >= 4 is 22.5 Å². The van der Waals surface area contributed by atoms with Crippen molar-refractivity contribution in [3.63, 3.8) is 0 Å². The number of hydrogen-bond acceptors (Lipinski definition) is 2. The number of rotatable bonds is 3. The van der Waals surface area contributed by atoms with Crippen LogP contribution in [0.4, 0.5) is 0 Å². The Morgan fingerprint density at radius 1 is 1.21 bits per heavy atom. The number of H-pyrrole nitrogens is 1. The Morgan fingerprint density at radius 3 is 2.92 bits per heavy atom. The van der Waals surface area contributed by atoms with Crippen LogP contribution in [0.3, 0.4) is 0 Å². The van der Waals surface area contributed by atoms with E-state index < -0.39 is 0 Å². The average molecular weight is 318 g/mol. The summed E-state index contributed by atoms with van der Waals surface area (Å²) < 4.78 is 1.94. The summed E-state index contributed by atoms with van der Waals surface area (Å²) in [6.45, 7) is 4.48. The van der Waals surface area contributed by atoms with E-state index in [2.05, 4.69) is 22.2 Å². The van der Waals surface area contributed by atoms with Crippen LogP contribution in [-0.4, -0.2) is 20.3 Å². The molecule has 0 aliphatic heterocycles. The van der Waals surface area contributed by atoms with Gasteiger partial charge in [0.05, 0.1) is 23.3 Å². The van der Waals surface area contributed by atoms with Crippen molar-refractivity contribution in [2.45, 2.75) is 20.4 Å². The van der Waals surface area contributed by atoms with E-state index in [1.165, 1.54) is 5.56 Å². The summed E-state index contributed by atoms with van der Waals surface area (Å²) in [7, 11) is 0. The number of imidazole rings is 1. The lowest BCUT2D eigenvalue weighted by molar-refractivity contribution is 0.0952. The molecule has 5 heteroatoms. The van der Waals surface area contributed by atoms with Crippen molar-refractivity contribution in [2.24, 2.45) is 0 Å². The van der Waals surface area contributed by atoms with Crippen LogP contribution in [0.5, 0.6) is 0 Å². The molecular weight excluding hydrogens is 300 g/mol. The van der Waals surface area contributed by atoms with Crippen LogP contribution >= 0.6 is 0 Å². The zero-order chi connectivity index (χ0) is 16.7. The van der Waals surface area contributed by atoms with Crippen molar-refractivity contribution in [3.8, 4) is 0 Å². The Balaban J connectivity index is 1.59. The first-order valence-corrected chi connectivity index (χ1v) is 7.92. The summed E-state index contributed by atoms with van der Waals surface area (Å²) >= 11 is 0. The van der Waals surface area contributed by atoms with Crippen LogP contribution in [0.1, 0.15) is 27.3 Å². The minimum atomic E-state index is -0.0982. The smallest absolute Gasteiger partial charge is 0.253 e. The van der Waals surface area contributed by atoms with Crippen LogP contribution in [0.2, 0.25) is 0 Å².